The molecule has 0 saturated carbocycles. The van der Waals surface area contributed by atoms with Crippen LogP contribution in [0.3, 0.4) is 0 Å². The molecule has 1 rings (SSSR count). The number of aryl methyl sites for hydroxylation is 1. The predicted molar refractivity (Wildman–Crippen MR) is 74.8 cm³/mol. The van der Waals surface area contributed by atoms with E-state index in [1.807, 2.05) is 19.3 Å². The molecule has 4 nitrogen and oxygen atoms in total. The molecule has 0 radical (unpaired) electrons. The van der Waals surface area contributed by atoms with Crippen molar-refractivity contribution in [1.29, 1.82) is 0 Å². The largest absolute Gasteiger partial charge is 0.271 e. The molecule has 1 aromatic heterocycles. The second-order valence-electron chi connectivity index (χ2n) is 4.89. The van der Waals surface area contributed by atoms with Crippen molar-refractivity contribution in [3.63, 3.8) is 0 Å². The minimum Gasteiger partial charge on any atom is -0.271 e. The van der Waals surface area contributed by atoms with Crippen LogP contribution in [0.5, 0.6) is 0 Å². The van der Waals surface area contributed by atoms with Crippen LogP contribution in [0.25, 0.3) is 0 Å². The first-order chi connectivity index (χ1) is 8.77. The Hall–Kier alpha value is -1.00. The van der Waals surface area contributed by atoms with E-state index in [9.17, 15) is 0 Å². The van der Waals surface area contributed by atoms with Crippen molar-refractivity contribution in [2.24, 2.45) is 5.84 Å². The van der Waals surface area contributed by atoms with E-state index < -0.39 is 0 Å². The van der Waals surface area contributed by atoms with Crippen LogP contribution < -0.4 is 11.3 Å². The van der Waals surface area contributed by atoms with Crippen LogP contribution >= 0.6 is 0 Å². The molecule has 0 aliphatic heterocycles. The summed E-state index contributed by atoms with van der Waals surface area (Å²) in [5.41, 5.74) is 3.89. The Morgan fingerprint density at radius 2 is 1.72 bits per heavy atom. The molecule has 1 heterocycles. The summed E-state index contributed by atoms with van der Waals surface area (Å²) in [4.78, 5) is 8.65. The summed E-state index contributed by atoms with van der Waals surface area (Å²) in [6.45, 7) is 4.23. The summed E-state index contributed by atoms with van der Waals surface area (Å²) in [6, 6.07) is 0.0803. The fraction of sp³-hybridized carbons (Fsp3) is 0.714. The third-order valence-electron chi connectivity index (χ3n) is 3.16. The van der Waals surface area contributed by atoms with E-state index >= 15 is 0 Å². The number of aromatic nitrogens is 2. The Morgan fingerprint density at radius 1 is 1.11 bits per heavy atom. The summed E-state index contributed by atoms with van der Waals surface area (Å²) in [5, 5.41) is 0. The maximum absolute atomic E-state index is 5.58. The molecule has 0 amide bonds. The molecule has 18 heavy (non-hydrogen) atoms. The Morgan fingerprint density at radius 3 is 2.33 bits per heavy atom. The first-order valence-electron chi connectivity index (χ1n) is 7.02. The highest BCUT2D eigenvalue weighted by molar-refractivity contribution is 5.04. The van der Waals surface area contributed by atoms with Crippen LogP contribution in [-0.2, 0) is 0 Å². The number of nitrogens with zero attached hydrogens (tertiary/aromatic N) is 2. The maximum Gasteiger partial charge on any atom is 0.146 e. The average Bonchev–Trinajstić information content (AvgIpc) is 2.39. The van der Waals surface area contributed by atoms with Crippen molar-refractivity contribution in [2.45, 2.75) is 64.8 Å². The van der Waals surface area contributed by atoms with Gasteiger partial charge in [-0.3, -0.25) is 5.84 Å². The van der Waals surface area contributed by atoms with Gasteiger partial charge in [0, 0.05) is 12.4 Å². The lowest BCUT2D eigenvalue weighted by Gasteiger charge is -2.14. The van der Waals surface area contributed by atoms with Crippen molar-refractivity contribution in [2.75, 3.05) is 0 Å². The SMILES string of the molecule is CCCCCCCCC(NN)c1ncc(C)cn1. The summed E-state index contributed by atoms with van der Waals surface area (Å²) in [6.07, 6.45) is 12.4. The molecule has 4 heteroatoms. The van der Waals surface area contributed by atoms with E-state index in [1.54, 1.807) is 0 Å². The zero-order valence-electron chi connectivity index (χ0n) is 11.7. The van der Waals surface area contributed by atoms with E-state index in [4.69, 9.17) is 5.84 Å². The van der Waals surface area contributed by atoms with Crippen molar-refractivity contribution >= 4 is 0 Å². The van der Waals surface area contributed by atoms with Gasteiger partial charge in [0.2, 0.25) is 0 Å². The molecule has 0 spiro atoms. The van der Waals surface area contributed by atoms with Crippen molar-refractivity contribution in [1.82, 2.24) is 15.4 Å². The molecule has 102 valence electrons. The molecule has 0 aliphatic carbocycles. The van der Waals surface area contributed by atoms with Crippen LogP contribution in [0.1, 0.15) is 69.3 Å². The Balaban J connectivity index is 2.27. The molecular weight excluding hydrogens is 224 g/mol. The van der Waals surface area contributed by atoms with Crippen LogP contribution in [0, 0.1) is 6.92 Å². The minimum atomic E-state index is 0.0803. The third kappa shape index (κ3) is 5.56. The van der Waals surface area contributed by atoms with Gasteiger partial charge in [-0.1, -0.05) is 45.4 Å². The monoisotopic (exact) mass is 250 g/mol. The fourth-order valence-corrected chi connectivity index (χ4v) is 2.00. The van der Waals surface area contributed by atoms with Gasteiger partial charge in [0.25, 0.3) is 0 Å². The second-order valence-corrected chi connectivity index (χ2v) is 4.89. The van der Waals surface area contributed by atoms with Gasteiger partial charge in [-0.05, 0) is 18.9 Å². The van der Waals surface area contributed by atoms with Gasteiger partial charge in [-0.2, -0.15) is 0 Å². The van der Waals surface area contributed by atoms with Crippen LogP contribution in [-0.4, -0.2) is 9.97 Å². The standard InChI is InChI=1S/C14H26N4/c1-3-4-5-6-7-8-9-13(18-15)14-16-10-12(2)11-17-14/h10-11,13,18H,3-9,15H2,1-2H3. The lowest BCUT2D eigenvalue weighted by atomic mass is 10.1. The molecule has 1 atom stereocenters. The van der Waals surface area contributed by atoms with Gasteiger partial charge in [0.1, 0.15) is 5.82 Å². The van der Waals surface area contributed by atoms with E-state index in [0.29, 0.717) is 0 Å². The third-order valence-corrected chi connectivity index (χ3v) is 3.16. The predicted octanol–water partition coefficient (Wildman–Crippen LogP) is 3.04. The number of hydrazine groups is 1. The number of hydrogen-bond acceptors (Lipinski definition) is 4. The van der Waals surface area contributed by atoms with Crippen molar-refractivity contribution in [3.05, 3.63) is 23.8 Å². The van der Waals surface area contributed by atoms with Gasteiger partial charge in [0.05, 0.1) is 6.04 Å². The summed E-state index contributed by atoms with van der Waals surface area (Å²) < 4.78 is 0. The van der Waals surface area contributed by atoms with E-state index in [2.05, 4.69) is 22.3 Å². The lowest BCUT2D eigenvalue weighted by Crippen LogP contribution is -2.29. The molecule has 0 fully saturated rings. The summed E-state index contributed by atoms with van der Waals surface area (Å²) >= 11 is 0. The summed E-state index contributed by atoms with van der Waals surface area (Å²) in [5.74, 6) is 6.38. The summed E-state index contributed by atoms with van der Waals surface area (Å²) in [7, 11) is 0. The zero-order chi connectivity index (χ0) is 13.2. The van der Waals surface area contributed by atoms with E-state index in [1.165, 1.54) is 38.5 Å². The molecule has 1 aromatic rings. The molecular formula is C14H26N4. The number of rotatable bonds is 9. The smallest absolute Gasteiger partial charge is 0.146 e. The van der Waals surface area contributed by atoms with Gasteiger partial charge < -0.3 is 0 Å². The average molecular weight is 250 g/mol. The first-order valence-corrected chi connectivity index (χ1v) is 7.02. The van der Waals surface area contributed by atoms with E-state index in [-0.39, 0.29) is 6.04 Å². The normalized spacial score (nSPS) is 12.6. The van der Waals surface area contributed by atoms with Crippen LogP contribution in [0.15, 0.2) is 12.4 Å². The quantitative estimate of drug-likeness (QED) is 0.402. The lowest BCUT2D eigenvalue weighted by molar-refractivity contribution is 0.458. The van der Waals surface area contributed by atoms with Gasteiger partial charge in [-0.25, -0.2) is 15.4 Å². The molecule has 0 aromatic carbocycles. The molecule has 0 bridgehead atoms. The molecule has 0 saturated heterocycles. The molecule has 0 aliphatic rings. The molecule has 3 N–H and O–H groups in total. The van der Waals surface area contributed by atoms with Crippen molar-refractivity contribution < 1.29 is 0 Å². The van der Waals surface area contributed by atoms with Crippen molar-refractivity contribution in [3.8, 4) is 0 Å². The first kappa shape index (κ1) is 15.1. The van der Waals surface area contributed by atoms with Crippen LogP contribution in [0.4, 0.5) is 0 Å². The Labute approximate surface area is 110 Å². The molecule has 1 unspecified atom stereocenters. The minimum absolute atomic E-state index is 0.0803. The van der Waals surface area contributed by atoms with Gasteiger partial charge >= 0.3 is 0 Å². The second kappa shape index (κ2) is 9.00. The Bertz CT molecular complexity index is 310. The highest BCUT2D eigenvalue weighted by Gasteiger charge is 2.11. The fourth-order valence-electron chi connectivity index (χ4n) is 2.00. The van der Waals surface area contributed by atoms with Crippen LogP contribution in [0.2, 0.25) is 0 Å². The zero-order valence-corrected chi connectivity index (χ0v) is 11.7. The van der Waals surface area contributed by atoms with Gasteiger partial charge in [0.15, 0.2) is 0 Å². The number of hydrogen-bond donors (Lipinski definition) is 2. The van der Waals surface area contributed by atoms with E-state index in [0.717, 1.165) is 17.8 Å². The Kier molecular flexibility index (Phi) is 7.53. The van der Waals surface area contributed by atoms with Gasteiger partial charge in [-0.15, -0.1) is 0 Å². The number of nitrogens with one attached hydrogen (secondary N) is 1. The maximum atomic E-state index is 5.58. The highest BCUT2D eigenvalue weighted by atomic mass is 15.2. The number of unbranched alkanes of at least 4 members (excludes halogenated alkanes) is 5. The highest BCUT2D eigenvalue weighted by Crippen LogP contribution is 2.16. The topological polar surface area (TPSA) is 63.8 Å². The number of nitrogens with two attached hydrogens (primary N) is 1.